The Hall–Kier alpha value is -11.2. The van der Waals surface area contributed by atoms with Crippen LogP contribution in [0.5, 0.6) is 0 Å². The fourth-order valence-electron chi connectivity index (χ4n) is 7.27. The first-order chi connectivity index (χ1) is 36.9. The number of guanidine groups is 4. The predicted octanol–water partition coefficient (Wildman–Crippen LogP) is -4.31. The van der Waals surface area contributed by atoms with Gasteiger partial charge in [0, 0.05) is 18.1 Å². The summed E-state index contributed by atoms with van der Waals surface area (Å²) in [5, 5.41) is 56.7. The van der Waals surface area contributed by atoms with Crippen LogP contribution >= 0.6 is 0 Å². The second-order valence-electron chi connectivity index (χ2n) is 16.3. The molecule has 0 aliphatic carbocycles. The lowest BCUT2D eigenvalue weighted by molar-refractivity contribution is -0.396. The molecule has 4 rings (SSSR count). The zero-order chi connectivity index (χ0) is 57.8. The molecule has 0 aliphatic rings. The topological polar surface area (TPSA) is 576 Å². The van der Waals surface area contributed by atoms with Crippen molar-refractivity contribution in [2.45, 2.75) is 43.0 Å². The molecule has 0 bridgehead atoms. The monoisotopic (exact) mass is 1080 g/mol. The van der Waals surface area contributed by atoms with Gasteiger partial charge in [0.2, 0.25) is 36.5 Å². The summed E-state index contributed by atoms with van der Waals surface area (Å²) in [5.41, 5.74) is 48.0. The SMILES string of the molecule is N#Cc1cc([N+](=O)[O-])c(C(Cc2ccc(C=Cc3ccccc3)cc2)C(CO)C(=O)NC(C(=O)NC(N=C(N)N)C(=O)NC(N=C(N)N)C(=O)NC(N=C(N)N)C(=O)NC(N=C(N)N)C(N)=O)c2ccccc2)c([N+](=O)[O-])c1. The van der Waals surface area contributed by atoms with Gasteiger partial charge in [-0.2, -0.15) is 5.26 Å². The number of carbonyl (C=O) groups excluding carboxylic acids is 6. The number of aliphatic hydroxyl groups excluding tert-OH is 1. The quantitative estimate of drug-likeness (QED) is 0.00981. The molecule has 0 saturated heterocycles. The molecular weight excluding hydrogens is 1020 g/mol. The highest BCUT2D eigenvalue weighted by molar-refractivity contribution is 5.99. The molecule has 32 nitrogen and oxygen atoms in total. The van der Waals surface area contributed by atoms with Crippen LogP contribution in [0.15, 0.2) is 117 Å². The molecular formula is C46H53N21O11. The molecule has 0 fully saturated rings. The third-order valence-electron chi connectivity index (χ3n) is 10.7. The highest BCUT2D eigenvalue weighted by Gasteiger charge is 2.41. The van der Waals surface area contributed by atoms with Crippen LogP contribution < -0.4 is 78.2 Å². The maximum atomic E-state index is 14.7. The minimum absolute atomic E-state index is 0.00449. The molecule has 0 aliphatic heterocycles. The van der Waals surface area contributed by atoms with Gasteiger partial charge < -0.3 is 83.3 Å². The van der Waals surface area contributed by atoms with Gasteiger partial charge in [-0.05, 0) is 28.7 Å². The average molecular weight is 1080 g/mol. The van der Waals surface area contributed by atoms with Gasteiger partial charge in [0.1, 0.15) is 11.6 Å². The minimum Gasteiger partial charge on any atom is -0.396 e. The van der Waals surface area contributed by atoms with Crippen molar-refractivity contribution in [1.82, 2.24) is 26.6 Å². The van der Waals surface area contributed by atoms with E-state index in [9.17, 15) is 59.4 Å². The Morgan fingerprint density at radius 2 is 0.962 bits per heavy atom. The number of nitrogens with one attached hydrogen (secondary N) is 5. The lowest BCUT2D eigenvalue weighted by Crippen LogP contribution is -2.58. The van der Waals surface area contributed by atoms with Crippen LogP contribution in [0.25, 0.3) is 12.2 Å². The fourth-order valence-corrected chi connectivity index (χ4v) is 7.27. The van der Waals surface area contributed by atoms with Gasteiger partial charge in [-0.15, -0.1) is 0 Å². The van der Waals surface area contributed by atoms with Gasteiger partial charge >= 0.3 is 0 Å². The van der Waals surface area contributed by atoms with Gasteiger partial charge in [0.25, 0.3) is 35.0 Å². The summed E-state index contributed by atoms with van der Waals surface area (Å²) in [6.07, 6.45) is -5.27. The number of carbonyl (C=O) groups is 6. The number of hydrogen-bond acceptors (Lipinski definition) is 16. The van der Waals surface area contributed by atoms with E-state index in [4.69, 9.17) is 51.6 Å². The molecule has 408 valence electrons. The van der Waals surface area contributed by atoms with E-state index in [1.807, 2.05) is 52.4 Å². The lowest BCUT2D eigenvalue weighted by Gasteiger charge is -2.28. The average Bonchev–Trinajstić information content (AvgIpc) is 3.44. The van der Waals surface area contributed by atoms with Crippen LogP contribution in [0.1, 0.15) is 45.3 Å². The number of nitrogens with two attached hydrogens (primary N) is 9. The number of aliphatic imine (C=N–C) groups is 4. The van der Waals surface area contributed by atoms with E-state index in [1.165, 1.54) is 30.3 Å². The normalized spacial score (nSPS) is 13.3. The molecule has 0 radical (unpaired) electrons. The Morgan fingerprint density at radius 1 is 0.564 bits per heavy atom. The van der Waals surface area contributed by atoms with Crippen molar-refractivity contribution in [2.75, 3.05) is 6.61 Å². The first kappa shape index (κ1) is 59.3. The number of amides is 6. The molecule has 24 N–H and O–H groups in total. The van der Waals surface area contributed by atoms with Gasteiger partial charge in [-0.3, -0.25) is 49.0 Å². The van der Waals surface area contributed by atoms with E-state index < -0.39 is 141 Å². The Bertz CT molecular complexity index is 3040. The summed E-state index contributed by atoms with van der Waals surface area (Å²) < 4.78 is 0. The summed E-state index contributed by atoms with van der Waals surface area (Å²) in [4.78, 5) is 119. The third kappa shape index (κ3) is 17.2. The number of nitro groups is 2. The first-order valence-corrected chi connectivity index (χ1v) is 22.4. The van der Waals surface area contributed by atoms with Crippen molar-refractivity contribution in [3.8, 4) is 6.07 Å². The van der Waals surface area contributed by atoms with Crippen molar-refractivity contribution in [3.05, 3.63) is 151 Å². The van der Waals surface area contributed by atoms with Crippen molar-refractivity contribution >= 4 is 82.8 Å². The van der Waals surface area contributed by atoms with Crippen LogP contribution in [0, 0.1) is 37.5 Å². The fraction of sp³-hybridized carbons (Fsp3) is 0.196. The molecule has 0 saturated carbocycles. The molecule has 7 unspecified atom stereocenters. The van der Waals surface area contributed by atoms with Crippen LogP contribution in [0.3, 0.4) is 0 Å². The van der Waals surface area contributed by atoms with Crippen LogP contribution in [0.2, 0.25) is 0 Å². The van der Waals surface area contributed by atoms with Gasteiger partial charge in [0.05, 0.1) is 34.0 Å². The molecule has 0 spiro atoms. The summed E-state index contributed by atoms with van der Waals surface area (Å²) in [7, 11) is 0. The molecule has 0 heterocycles. The Kier molecular flexibility index (Phi) is 21.1. The zero-order valence-corrected chi connectivity index (χ0v) is 40.7. The van der Waals surface area contributed by atoms with Crippen LogP contribution in [-0.2, 0) is 35.2 Å². The molecule has 32 heteroatoms. The minimum atomic E-state index is -2.24. The highest BCUT2D eigenvalue weighted by atomic mass is 16.6. The first-order valence-electron chi connectivity index (χ1n) is 22.4. The van der Waals surface area contributed by atoms with Gasteiger partial charge in [-0.25, -0.2) is 20.0 Å². The Balaban J connectivity index is 1.75. The number of primary amides is 1. The second-order valence-corrected chi connectivity index (χ2v) is 16.3. The van der Waals surface area contributed by atoms with Crippen molar-refractivity contribution in [3.63, 3.8) is 0 Å². The van der Waals surface area contributed by atoms with E-state index in [1.54, 1.807) is 36.4 Å². The summed E-state index contributed by atoms with van der Waals surface area (Å²) >= 11 is 0. The number of hydrogen-bond donors (Lipinski definition) is 15. The number of nitro benzene ring substituents is 2. The van der Waals surface area contributed by atoms with Crippen molar-refractivity contribution in [2.24, 2.45) is 77.5 Å². The van der Waals surface area contributed by atoms with Gasteiger partial charge in [-0.1, -0.05) is 97.1 Å². The Labute approximate surface area is 441 Å². The summed E-state index contributed by atoms with van der Waals surface area (Å²) in [6.45, 7) is -1.15. The summed E-state index contributed by atoms with van der Waals surface area (Å²) in [5.74, 6) is -14.7. The van der Waals surface area contributed by atoms with E-state index in [-0.39, 0.29) is 12.0 Å². The molecule has 0 aromatic heterocycles. The number of nitriles is 1. The van der Waals surface area contributed by atoms with Gasteiger partial charge in [0.15, 0.2) is 23.8 Å². The van der Waals surface area contributed by atoms with Crippen molar-refractivity contribution < 1.29 is 43.7 Å². The largest absolute Gasteiger partial charge is 0.396 e. The standard InChI is InChI=1S/C46H53N21O11/c47-20-25-18-29(66(75)76)31(30(19-25)67(77)78)27(17-24-15-13-23(14-16-24)12-11-22-7-3-1-4-8-22)28(21-68)38(70)57-32(26-9-5-2-6-10-26)39(71)59-35(63-44(51)52)41(73)61-37(65-46(55)56)42(74)60-36(64-45(53)54)40(72)58-34(33(48)69)62-43(49)50/h1-16,18-19,27-28,32,34-37,68H,17,21H2,(H2,48,69)(H,57,70)(H,58,72)(H,59,71)(H,60,74)(H,61,73)(H4,49,50,62)(H4,51,52,63)(H4,53,54,64)(H4,55,56,65). The number of nitrogens with zero attached hydrogens (tertiary/aromatic N) is 7. The van der Waals surface area contributed by atoms with E-state index >= 15 is 0 Å². The van der Waals surface area contributed by atoms with Crippen LogP contribution in [-0.4, -0.2) is 106 Å². The van der Waals surface area contributed by atoms with E-state index in [0.29, 0.717) is 11.1 Å². The van der Waals surface area contributed by atoms with Crippen LogP contribution in [0.4, 0.5) is 11.4 Å². The lowest BCUT2D eigenvalue weighted by atomic mass is 9.79. The molecule has 6 amide bonds. The predicted molar refractivity (Wildman–Crippen MR) is 281 cm³/mol. The molecule has 4 aromatic carbocycles. The highest BCUT2D eigenvalue weighted by Crippen LogP contribution is 2.42. The molecule has 4 aromatic rings. The molecule has 7 atom stereocenters. The second kappa shape index (κ2) is 27.7. The smallest absolute Gasteiger partial charge is 0.281 e. The Morgan fingerprint density at radius 3 is 1.36 bits per heavy atom. The maximum absolute atomic E-state index is 14.7. The van der Waals surface area contributed by atoms with Crippen molar-refractivity contribution in [1.29, 1.82) is 5.26 Å². The summed E-state index contributed by atoms with van der Waals surface area (Å²) in [6, 6.07) is 24.3. The van der Waals surface area contributed by atoms with E-state index in [2.05, 4.69) is 30.6 Å². The maximum Gasteiger partial charge on any atom is 0.281 e. The zero-order valence-electron chi connectivity index (χ0n) is 40.7. The molecule has 78 heavy (non-hydrogen) atoms. The van der Waals surface area contributed by atoms with E-state index in [0.717, 1.165) is 17.7 Å². The number of aliphatic hydroxyl groups is 1. The number of benzene rings is 4. The third-order valence-corrected chi connectivity index (χ3v) is 10.7. The number of rotatable bonds is 25.